The van der Waals surface area contributed by atoms with Gasteiger partial charge >= 0.3 is 12.4 Å². The van der Waals surface area contributed by atoms with E-state index >= 15 is 0 Å². The molecule has 0 aromatic heterocycles. The first-order valence-electron chi connectivity index (χ1n) is 6.48. The SMILES string of the molecule is Cl.Cl.Fc1cc([C@@H](N2CCNCC2)C(F)(F)F)cc(C(F)(F)F)c1. The van der Waals surface area contributed by atoms with Crippen LogP contribution in [0.5, 0.6) is 0 Å². The molecule has 1 aromatic rings. The molecule has 2 rings (SSSR count). The lowest BCUT2D eigenvalue weighted by molar-refractivity contribution is -0.188. The second kappa shape index (κ2) is 8.55. The Balaban J connectivity index is 0.00000264. The van der Waals surface area contributed by atoms with E-state index in [4.69, 9.17) is 0 Å². The molecule has 1 aromatic carbocycles. The molecule has 1 N–H and O–H groups in total. The predicted molar refractivity (Wildman–Crippen MR) is 79.1 cm³/mol. The van der Waals surface area contributed by atoms with Crippen molar-refractivity contribution >= 4 is 24.8 Å². The summed E-state index contributed by atoms with van der Waals surface area (Å²) in [5.41, 5.74) is -2.16. The van der Waals surface area contributed by atoms with Crippen LogP contribution in [0.4, 0.5) is 30.7 Å². The highest BCUT2D eigenvalue weighted by molar-refractivity contribution is 5.85. The Morgan fingerprint density at radius 3 is 1.92 bits per heavy atom. The molecule has 0 bridgehead atoms. The number of halogens is 9. The van der Waals surface area contributed by atoms with Crippen molar-refractivity contribution in [1.82, 2.24) is 10.2 Å². The lowest BCUT2D eigenvalue weighted by atomic mass is 10.0. The van der Waals surface area contributed by atoms with E-state index in [9.17, 15) is 30.7 Å². The van der Waals surface area contributed by atoms with Gasteiger partial charge in [0.2, 0.25) is 0 Å². The van der Waals surface area contributed by atoms with E-state index in [1.807, 2.05) is 0 Å². The average molecular weight is 403 g/mol. The minimum Gasteiger partial charge on any atom is -0.314 e. The van der Waals surface area contributed by atoms with Gasteiger partial charge in [0.1, 0.15) is 11.9 Å². The fourth-order valence-electron chi connectivity index (χ4n) is 2.48. The van der Waals surface area contributed by atoms with Crippen LogP contribution in [0.15, 0.2) is 18.2 Å². The van der Waals surface area contributed by atoms with E-state index in [0.717, 1.165) is 4.90 Å². The molecular formula is C13H15Cl2F7N2. The third-order valence-electron chi connectivity index (χ3n) is 3.39. The van der Waals surface area contributed by atoms with E-state index < -0.39 is 35.3 Å². The van der Waals surface area contributed by atoms with Crippen molar-refractivity contribution in [3.05, 3.63) is 35.1 Å². The highest BCUT2D eigenvalue weighted by atomic mass is 35.5. The third kappa shape index (κ3) is 5.65. The minimum absolute atomic E-state index is 0. The molecule has 0 unspecified atom stereocenters. The second-order valence-electron chi connectivity index (χ2n) is 5.00. The smallest absolute Gasteiger partial charge is 0.314 e. The Morgan fingerprint density at radius 1 is 0.917 bits per heavy atom. The molecule has 1 aliphatic heterocycles. The van der Waals surface area contributed by atoms with Crippen LogP contribution in [-0.4, -0.2) is 37.3 Å². The van der Waals surface area contributed by atoms with Crippen LogP contribution < -0.4 is 5.32 Å². The number of alkyl halides is 6. The Hall–Kier alpha value is -0.770. The lowest BCUT2D eigenvalue weighted by Gasteiger charge is -2.36. The highest BCUT2D eigenvalue weighted by Crippen LogP contribution is 2.40. The molecule has 2 nitrogen and oxygen atoms in total. The van der Waals surface area contributed by atoms with Crippen molar-refractivity contribution in [2.24, 2.45) is 0 Å². The van der Waals surface area contributed by atoms with Crippen LogP contribution in [0.3, 0.4) is 0 Å². The molecule has 24 heavy (non-hydrogen) atoms. The zero-order valence-electron chi connectivity index (χ0n) is 12.0. The van der Waals surface area contributed by atoms with Gasteiger partial charge in [0.15, 0.2) is 0 Å². The number of rotatable bonds is 2. The van der Waals surface area contributed by atoms with Gasteiger partial charge in [0.25, 0.3) is 0 Å². The van der Waals surface area contributed by atoms with Crippen LogP contribution >= 0.6 is 24.8 Å². The van der Waals surface area contributed by atoms with Gasteiger partial charge in [-0.3, -0.25) is 4.90 Å². The molecule has 1 atom stereocenters. The maximum absolute atomic E-state index is 13.4. The molecule has 1 saturated heterocycles. The van der Waals surface area contributed by atoms with Gasteiger partial charge in [-0.15, -0.1) is 24.8 Å². The number of benzene rings is 1. The lowest BCUT2D eigenvalue weighted by Crippen LogP contribution is -2.49. The summed E-state index contributed by atoms with van der Waals surface area (Å²) in [6.07, 6.45) is -9.70. The first-order chi connectivity index (χ1) is 10.1. The van der Waals surface area contributed by atoms with Crippen molar-refractivity contribution in [3.8, 4) is 0 Å². The molecular weight excluding hydrogens is 388 g/mol. The monoisotopic (exact) mass is 402 g/mol. The maximum atomic E-state index is 13.4. The van der Waals surface area contributed by atoms with Gasteiger partial charge in [-0.25, -0.2) is 4.39 Å². The molecule has 11 heteroatoms. The van der Waals surface area contributed by atoms with Crippen LogP contribution in [0, 0.1) is 5.82 Å². The maximum Gasteiger partial charge on any atom is 0.416 e. The van der Waals surface area contributed by atoms with Crippen molar-refractivity contribution in [3.63, 3.8) is 0 Å². The molecule has 140 valence electrons. The molecule has 0 amide bonds. The van der Waals surface area contributed by atoms with Crippen molar-refractivity contribution in [2.75, 3.05) is 26.2 Å². The average Bonchev–Trinajstić information content (AvgIpc) is 2.36. The van der Waals surface area contributed by atoms with Crippen molar-refractivity contribution in [1.29, 1.82) is 0 Å². The Kier molecular flexibility index (Phi) is 8.28. The highest BCUT2D eigenvalue weighted by Gasteiger charge is 2.46. The molecule has 1 heterocycles. The third-order valence-corrected chi connectivity index (χ3v) is 3.39. The summed E-state index contributed by atoms with van der Waals surface area (Å²) in [5, 5.41) is 2.86. The number of piperazine rings is 1. The van der Waals surface area contributed by atoms with Gasteiger partial charge in [0.05, 0.1) is 5.56 Å². The summed E-state index contributed by atoms with van der Waals surface area (Å²) in [7, 11) is 0. The summed E-state index contributed by atoms with van der Waals surface area (Å²) in [4.78, 5) is 1.01. The van der Waals surface area contributed by atoms with Crippen LogP contribution in [0.2, 0.25) is 0 Å². The molecule has 0 saturated carbocycles. The second-order valence-corrected chi connectivity index (χ2v) is 5.00. The van der Waals surface area contributed by atoms with Gasteiger partial charge in [0, 0.05) is 26.2 Å². The van der Waals surface area contributed by atoms with E-state index in [0.29, 0.717) is 12.1 Å². The fourth-order valence-corrected chi connectivity index (χ4v) is 2.48. The summed E-state index contributed by atoms with van der Waals surface area (Å²) in [5.74, 6) is -1.34. The zero-order valence-corrected chi connectivity index (χ0v) is 13.7. The van der Waals surface area contributed by atoms with Crippen molar-refractivity contribution < 1.29 is 30.7 Å². The Labute approximate surface area is 146 Å². The molecule has 1 fully saturated rings. The quantitative estimate of drug-likeness (QED) is 0.745. The summed E-state index contributed by atoms with van der Waals surface area (Å²) < 4.78 is 91.3. The molecule has 0 spiro atoms. The van der Waals surface area contributed by atoms with Crippen LogP contribution in [-0.2, 0) is 6.18 Å². The molecule has 0 radical (unpaired) electrons. The standard InChI is InChI=1S/C13H13F7N2.2ClH/c14-10-6-8(5-9(7-10)12(15,16)17)11(13(18,19)20)22-3-1-21-2-4-22;;/h5-7,11,21H,1-4H2;2*1H/t11-;;/m1../s1. The summed E-state index contributed by atoms with van der Waals surface area (Å²) >= 11 is 0. The molecule has 0 aliphatic carbocycles. The number of hydrogen-bond acceptors (Lipinski definition) is 2. The van der Waals surface area contributed by atoms with Crippen LogP contribution in [0.25, 0.3) is 0 Å². The van der Waals surface area contributed by atoms with E-state index in [-0.39, 0.29) is 57.1 Å². The first kappa shape index (κ1) is 23.2. The minimum atomic E-state index is -4.91. The number of nitrogens with one attached hydrogen (secondary N) is 1. The zero-order chi connectivity index (χ0) is 16.5. The predicted octanol–water partition coefficient (Wildman–Crippen LogP) is 4.20. The van der Waals surface area contributed by atoms with E-state index in [1.165, 1.54) is 0 Å². The van der Waals surface area contributed by atoms with Gasteiger partial charge in [-0.2, -0.15) is 26.3 Å². The largest absolute Gasteiger partial charge is 0.416 e. The van der Waals surface area contributed by atoms with E-state index in [2.05, 4.69) is 5.32 Å². The topological polar surface area (TPSA) is 15.3 Å². The van der Waals surface area contributed by atoms with Crippen molar-refractivity contribution in [2.45, 2.75) is 18.4 Å². The summed E-state index contributed by atoms with van der Waals surface area (Å²) in [6, 6.07) is -1.20. The first-order valence-corrected chi connectivity index (χ1v) is 6.48. The van der Waals surface area contributed by atoms with Crippen LogP contribution in [0.1, 0.15) is 17.2 Å². The van der Waals surface area contributed by atoms with E-state index in [1.54, 1.807) is 0 Å². The van der Waals surface area contributed by atoms with Gasteiger partial charge in [-0.1, -0.05) is 0 Å². The number of nitrogens with zero attached hydrogens (tertiary/aromatic N) is 1. The Morgan fingerprint density at radius 2 is 1.46 bits per heavy atom. The summed E-state index contributed by atoms with van der Waals surface area (Å²) in [6.45, 7) is 0.603. The normalized spacial score (nSPS) is 17.6. The van der Waals surface area contributed by atoms with Gasteiger partial charge in [-0.05, 0) is 23.8 Å². The van der Waals surface area contributed by atoms with Gasteiger partial charge < -0.3 is 5.32 Å². The molecule has 1 aliphatic rings. The fraction of sp³-hybridized carbons (Fsp3) is 0.538. The number of hydrogen-bond donors (Lipinski definition) is 1. The Bertz CT molecular complexity index is 528.